The van der Waals surface area contributed by atoms with Crippen molar-refractivity contribution in [3.8, 4) is 5.88 Å². The van der Waals surface area contributed by atoms with E-state index in [1.165, 1.54) is 10.1 Å². The molecule has 0 bridgehead atoms. The topological polar surface area (TPSA) is 89.0 Å². The molecule has 0 aliphatic heterocycles. The number of nitrogens with one attached hydrogen (secondary N) is 1. The first-order chi connectivity index (χ1) is 13.6. The standard InChI is InChI=1S/C22H24N4O2/c1-25-21(27)20(26(22(25)28)14-15-5-3-2-4-6-15)12-16-7-8-19-18(11-16)17(9-10-23)13-24-19/h2-8,11,13,24,27H,9-10,12,14,23H2,1H3. The number of nitrogens with two attached hydrogens (primary N) is 1. The third-order valence-electron chi connectivity index (χ3n) is 5.22. The molecule has 2 aromatic heterocycles. The van der Waals surface area contributed by atoms with Crippen LogP contribution in [-0.2, 0) is 26.4 Å². The molecule has 0 aliphatic carbocycles. The summed E-state index contributed by atoms with van der Waals surface area (Å²) in [4.78, 5) is 15.9. The van der Waals surface area contributed by atoms with Crippen LogP contribution in [0.5, 0.6) is 5.88 Å². The SMILES string of the molecule is Cn1c(O)c(Cc2ccc3[nH]cc(CCN)c3c2)n(Cc2ccccc2)c1=O. The molecular formula is C22H24N4O2. The molecule has 0 amide bonds. The molecule has 0 aliphatic rings. The molecule has 0 saturated heterocycles. The highest BCUT2D eigenvalue weighted by molar-refractivity contribution is 5.84. The zero-order chi connectivity index (χ0) is 19.7. The van der Waals surface area contributed by atoms with Crippen molar-refractivity contribution in [3.05, 3.63) is 87.6 Å². The maximum atomic E-state index is 12.7. The number of benzene rings is 2. The fourth-order valence-corrected chi connectivity index (χ4v) is 3.70. The van der Waals surface area contributed by atoms with Crippen LogP contribution >= 0.6 is 0 Å². The Hall–Kier alpha value is -3.25. The van der Waals surface area contributed by atoms with E-state index in [2.05, 4.69) is 11.1 Å². The number of rotatable bonds is 6. The summed E-state index contributed by atoms with van der Waals surface area (Å²) in [5.41, 5.74) is 10.4. The highest BCUT2D eigenvalue weighted by Crippen LogP contribution is 2.24. The van der Waals surface area contributed by atoms with Crippen molar-refractivity contribution in [2.75, 3.05) is 6.54 Å². The second-order valence-corrected chi connectivity index (χ2v) is 7.09. The normalized spacial score (nSPS) is 11.4. The molecule has 6 nitrogen and oxygen atoms in total. The van der Waals surface area contributed by atoms with Crippen molar-refractivity contribution in [1.29, 1.82) is 0 Å². The summed E-state index contributed by atoms with van der Waals surface area (Å²) in [6.07, 6.45) is 3.27. The van der Waals surface area contributed by atoms with Crippen LogP contribution in [0.2, 0.25) is 0 Å². The Labute approximate surface area is 162 Å². The summed E-state index contributed by atoms with van der Waals surface area (Å²) in [5, 5.41) is 11.7. The fraction of sp³-hybridized carbons (Fsp3) is 0.227. The molecule has 2 heterocycles. The van der Waals surface area contributed by atoms with Gasteiger partial charge in [0.1, 0.15) is 0 Å². The van der Waals surface area contributed by atoms with Gasteiger partial charge in [0.05, 0.1) is 12.2 Å². The van der Waals surface area contributed by atoms with Gasteiger partial charge in [0.15, 0.2) is 0 Å². The van der Waals surface area contributed by atoms with Gasteiger partial charge in [0.2, 0.25) is 5.88 Å². The van der Waals surface area contributed by atoms with E-state index in [0.717, 1.165) is 28.5 Å². The van der Waals surface area contributed by atoms with E-state index in [0.29, 0.717) is 25.2 Å². The third kappa shape index (κ3) is 3.23. The molecule has 28 heavy (non-hydrogen) atoms. The lowest BCUT2D eigenvalue weighted by molar-refractivity contribution is 0.424. The Balaban J connectivity index is 1.73. The summed E-state index contributed by atoms with van der Waals surface area (Å²) >= 11 is 0. The van der Waals surface area contributed by atoms with Gasteiger partial charge in [-0.15, -0.1) is 0 Å². The Morgan fingerprint density at radius 2 is 1.89 bits per heavy atom. The van der Waals surface area contributed by atoms with Crippen LogP contribution in [0.25, 0.3) is 10.9 Å². The zero-order valence-electron chi connectivity index (χ0n) is 15.9. The van der Waals surface area contributed by atoms with Crippen LogP contribution in [0.3, 0.4) is 0 Å². The van der Waals surface area contributed by atoms with Crippen molar-refractivity contribution >= 4 is 10.9 Å². The van der Waals surface area contributed by atoms with Crippen molar-refractivity contribution in [2.45, 2.75) is 19.4 Å². The van der Waals surface area contributed by atoms with E-state index in [9.17, 15) is 9.90 Å². The average molecular weight is 376 g/mol. The largest absolute Gasteiger partial charge is 0.493 e. The predicted molar refractivity (Wildman–Crippen MR) is 111 cm³/mol. The molecule has 144 valence electrons. The fourth-order valence-electron chi connectivity index (χ4n) is 3.70. The quantitative estimate of drug-likeness (QED) is 0.483. The summed E-state index contributed by atoms with van der Waals surface area (Å²) in [6, 6.07) is 16.0. The Bertz CT molecular complexity index is 1170. The lowest BCUT2D eigenvalue weighted by atomic mass is 10.0. The van der Waals surface area contributed by atoms with E-state index in [1.807, 2.05) is 48.7 Å². The van der Waals surface area contributed by atoms with Gasteiger partial charge in [-0.05, 0) is 41.8 Å². The number of aromatic amines is 1. The maximum Gasteiger partial charge on any atom is 0.331 e. The first-order valence-electron chi connectivity index (χ1n) is 9.38. The van der Waals surface area contributed by atoms with E-state index in [4.69, 9.17) is 5.73 Å². The lowest BCUT2D eigenvalue weighted by Crippen LogP contribution is -2.24. The minimum Gasteiger partial charge on any atom is -0.493 e. The van der Waals surface area contributed by atoms with Gasteiger partial charge in [-0.3, -0.25) is 9.13 Å². The number of H-pyrrole nitrogens is 1. The van der Waals surface area contributed by atoms with Gasteiger partial charge in [-0.1, -0.05) is 36.4 Å². The monoisotopic (exact) mass is 376 g/mol. The van der Waals surface area contributed by atoms with Crippen LogP contribution in [0.15, 0.2) is 59.5 Å². The van der Waals surface area contributed by atoms with E-state index >= 15 is 0 Å². The molecule has 0 radical (unpaired) electrons. The molecule has 0 fully saturated rings. The van der Waals surface area contributed by atoms with Gasteiger partial charge < -0.3 is 15.8 Å². The molecule has 4 N–H and O–H groups in total. The van der Waals surface area contributed by atoms with Gasteiger partial charge in [0, 0.05) is 30.6 Å². The Morgan fingerprint density at radius 1 is 1.11 bits per heavy atom. The van der Waals surface area contributed by atoms with Crippen LogP contribution in [-0.4, -0.2) is 25.8 Å². The van der Waals surface area contributed by atoms with Gasteiger partial charge in [0.25, 0.3) is 0 Å². The molecule has 0 saturated carbocycles. The molecular weight excluding hydrogens is 352 g/mol. The van der Waals surface area contributed by atoms with Crippen LogP contribution < -0.4 is 11.4 Å². The van der Waals surface area contributed by atoms with E-state index < -0.39 is 0 Å². The third-order valence-corrected chi connectivity index (χ3v) is 5.22. The Kier molecular flexibility index (Phi) is 4.79. The Morgan fingerprint density at radius 3 is 2.64 bits per heavy atom. The molecule has 0 unspecified atom stereocenters. The van der Waals surface area contributed by atoms with Crippen LogP contribution in [0.4, 0.5) is 0 Å². The van der Waals surface area contributed by atoms with Crippen LogP contribution in [0.1, 0.15) is 22.4 Å². The molecule has 2 aromatic carbocycles. The van der Waals surface area contributed by atoms with Crippen molar-refractivity contribution in [1.82, 2.24) is 14.1 Å². The number of hydrogen-bond acceptors (Lipinski definition) is 3. The van der Waals surface area contributed by atoms with Gasteiger partial charge in [-0.25, -0.2) is 4.79 Å². The molecule has 0 atom stereocenters. The number of imidazole rings is 1. The summed E-state index contributed by atoms with van der Waals surface area (Å²) in [7, 11) is 1.59. The molecule has 6 heteroatoms. The number of aromatic hydroxyl groups is 1. The zero-order valence-corrected chi connectivity index (χ0v) is 15.9. The minimum absolute atomic E-state index is 0.0114. The van der Waals surface area contributed by atoms with Crippen molar-refractivity contribution < 1.29 is 5.11 Å². The predicted octanol–water partition coefficient (Wildman–Crippen LogP) is 2.51. The minimum atomic E-state index is -0.220. The second-order valence-electron chi connectivity index (χ2n) is 7.09. The lowest BCUT2D eigenvalue weighted by Gasteiger charge is -2.09. The number of aromatic nitrogens is 3. The van der Waals surface area contributed by atoms with Gasteiger partial charge >= 0.3 is 5.69 Å². The number of hydrogen-bond donors (Lipinski definition) is 3. The highest BCUT2D eigenvalue weighted by Gasteiger charge is 2.18. The van der Waals surface area contributed by atoms with Crippen molar-refractivity contribution in [2.24, 2.45) is 12.8 Å². The van der Waals surface area contributed by atoms with Crippen LogP contribution in [0, 0.1) is 0 Å². The number of fused-ring (bicyclic) bond motifs is 1. The number of nitrogens with zero attached hydrogens (tertiary/aromatic N) is 2. The summed E-state index contributed by atoms with van der Waals surface area (Å²) in [6.45, 7) is 1.02. The van der Waals surface area contributed by atoms with Gasteiger partial charge in [-0.2, -0.15) is 0 Å². The van der Waals surface area contributed by atoms with E-state index in [1.54, 1.807) is 11.6 Å². The van der Waals surface area contributed by atoms with Crippen molar-refractivity contribution in [3.63, 3.8) is 0 Å². The molecule has 4 aromatic rings. The summed E-state index contributed by atoms with van der Waals surface area (Å²) in [5.74, 6) is 0.0114. The highest BCUT2D eigenvalue weighted by atomic mass is 16.3. The smallest absolute Gasteiger partial charge is 0.331 e. The first-order valence-corrected chi connectivity index (χ1v) is 9.38. The van der Waals surface area contributed by atoms with E-state index in [-0.39, 0.29) is 11.6 Å². The second kappa shape index (κ2) is 7.40. The molecule has 4 rings (SSSR count). The maximum absolute atomic E-state index is 12.7. The first kappa shape index (κ1) is 18.1. The summed E-state index contributed by atoms with van der Waals surface area (Å²) < 4.78 is 2.94. The molecule has 0 spiro atoms. The average Bonchev–Trinajstić information content (AvgIpc) is 3.19.